The number of rotatable bonds is 6. The number of thiophene rings is 1. The lowest BCUT2D eigenvalue weighted by Gasteiger charge is -2.17. The van der Waals surface area contributed by atoms with Crippen molar-refractivity contribution in [3.8, 4) is 10.8 Å². The minimum absolute atomic E-state index is 0.219. The SMILES string of the molecule is CN=C(NCc1coc(-c2cccs2)n1)NC(C)Cc1c(C)nn(C)c1C. The number of aromatic nitrogens is 3. The fraction of sp³-hybridized carbons (Fsp3) is 0.421. The normalized spacial score (nSPS) is 13.0. The zero-order chi connectivity index (χ0) is 19.4. The second-order valence-electron chi connectivity index (χ2n) is 6.57. The highest BCUT2D eigenvalue weighted by atomic mass is 32.1. The van der Waals surface area contributed by atoms with Crippen LogP contribution in [-0.4, -0.2) is 33.8 Å². The number of guanidine groups is 1. The van der Waals surface area contributed by atoms with Gasteiger partial charge in [0.15, 0.2) is 5.96 Å². The Hall–Kier alpha value is -2.61. The molecule has 0 aromatic carbocycles. The van der Waals surface area contributed by atoms with E-state index in [1.807, 2.05) is 29.2 Å². The van der Waals surface area contributed by atoms with E-state index in [1.54, 1.807) is 24.6 Å². The van der Waals surface area contributed by atoms with E-state index in [-0.39, 0.29) is 6.04 Å². The zero-order valence-corrected chi connectivity index (χ0v) is 17.2. The van der Waals surface area contributed by atoms with E-state index in [0.29, 0.717) is 12.4 Å². The first-order valence-corrected chi connectivity index (χ1v) is 9.80. The summed E-state index contributed by atoms with van der Waals surface area (Å²) >= 11 is 1.61. The molecular weight excluding hydrogens is 360 g/mol. The van der Waals surface area contributed by atoms with E-state index in [9.17, 15) is 0 Å². The van der Waals surface area contributed by atoms with E-state index in [4.69, 9.17) is 4.42 Å². The number of nitrogens with zero attached hydrogens (tertiary/aromatic N) is 4. The number of aliphatic imine (C=N–C) groups is 1. The maximum absolute atomic E-state index is 5.55. The van der Waals surface area contributed by atoms with E-state index in [1.165, 1.54) is 11.3 Å². The molecule has 3 aromatic heterocycles. The van der Waals surface area contributed by atoms with Crippen molar-refractivity contribution in [3.63, 3.8) is 0 Å². The van der Waals surface area contributed by atoms with Crippen LogP contribution in [0.5, 0.6) is 0 Å². The monoisotopic (exact) mass is 386 g/mol. The molecule has 0 fully saturated rings. The molecule has 0 spiro atoms. The van der Waals surface area contributed by atoms with Gasteiger partial charge in [0.05, 0.1) is 22.8 Å². The standard InChI is InChI=1S/C19H26N6OS/c1-12(9-16-13(2)24-25(5)14(16)3)22-19(20-4)21-10-15-11-26-18(23-15)17-7-6-8-27-17/h6-8,11-12H,9-10H2,1-5H3,(H2,20,21,22). The van der Waals surface area contributed by atoms with Crippen molar-refractivity contribution in [2.24, 2.45) is 12.0 Å². The molecule has 144 valence electrons. The Morgan fingerprint density at radius 1 is 1.41 bits per heavy atom. The van der Waals surface area contributed by atoms with Gasteiger partial charge in [-0.1, -0.05) is 6.07 Å². The molecule has 0 aliphatic carbocycles. The maximum Gasteiger partial charge on any atom is 0.236 e. The van der Waals surface area contributed by atoms with Crippen LogP contribution < -0.4 is 10.6 Å². The van der Waals surface area contributed by atoms with Crippen molar-refractivity contribution in [3.05, 3.63) is 46.4 Å². The lowest BCUT2D eigenvalue weighted by atomic mass is 10.1. The predicted molar refractivity (Wildman–Crippen MR) is 109 cm³/mol. The van der Waals surface area contributed by atoms with Crippen LogP contribution >= 0.6 is 11.3 Å². The summed E-state index contributed by atoms with van der Waals surface area (Å²) in [6.07, 6.45) is 2.57. The largest absolute Gasteiger partial charge is 0.443 e. The molecule has 8 heteroatoms. The number of aryl methyl sites for hydroxylation is 2. The summed E-state index contributed by atoms with van der Waals surface area (Å²) in [5.74, 6) is 1.39. The van der Waals surface area contributed by atoms with Gasteiger partial charge in [0.25, 0.3) is 0 Å². The summed E-state index contributed by atoms with van der Waals surface area (Å²) < 4.78 is 7.48. The van der Waals surface area contributed by atoms with Gasteiger partial charge < -0.3 is 15.1 Å². The summed E-state index contributed by atoms with van der Waals surface area (Å²) in [5, 5.41) is 13.2. The minimum Gasteiger partial charge on any atom is -0.443 e. The molecular formula is C19H26N6OS. The maximum atomic E-state index is 5.55. The van der Waals surface area contributed by atoms with Crippen LogP contribution in [-0.2, 0) is 20.0 Å². The van der Waals surface area contributed by atoms with Crippen molar-refractivity contribution in [2.45, 2.75) is 39.8 Å². The van der Waals surface area contributed by atoms with Gasteiger partial charge in [-0.05, 0) is 44.2 Å². The van der Waals surface area contributed by atoms with E-state index >= 15 is 0 Å². The van der Waals surface area contributed by atoms with Crippen LogP contribution in [0.4, 0.5) is 0 Å². The van der Waals surface area contributed by atoms with E-state index in [2.05, 4.69) is 46.5 Å². The Morgan fingerprint density at radius 3 is 2.85 bits per heavy atom. The number of oxazole rings is 1. The lowest BCUT2D eigenvalue weighted by molar-refractivity contribution is 0.573. The van der Waals surface area contributed by atoms with Crippen LogP contribution in [0.25, 0.3) is 10.8 Å². The third kappa shape index (κ3) is 4.57. The van der Waals surface area contributed by atoms with Crippen molar-refractivity contribution >= 4 is 17.3 Å². The highest BCUT2D eigenvalue weighted by molar-refractivity contribution is 7.13. The van der Waals surface area contributed by atoms with Gasteiger partial charge in [-0.25, -0.2) is 4.98 Å². The molecule has 1 unspecified atom stereocenters. The first-order valence-electron chi connectivity index (χ1n) is 8.92. The lowest BCUT2D eigenvalue weighted by Crippen LogP contribution is -2.42. The van der Waals surface area contributed by atoms with Crippen LogP contribution in [0.15, 0.2) is 33.2 Å². The molecule has 0 aliphatic rings. The van der Waals surface area contributed by atoms with Crippen molar-refractivity contribution < 1.29 is 4.42 Å². The Morgan fingerprint density at radius 2 is 2.22 bits per heavy atom. The molecule has 1 atom stereocenters. The Labute approximate surface area is 163 Å². The predicted octanol–water partition coefficient (Wildman–Crippen LogP) is 3.05. The smallest absolute Gasteiger partial charge is 0.236 e. The van der Waals surface area contributed by atoms with Gasteiger partial charge in [-0.15, -0.1) is 11.3 Å². The highest BCUT2D eigenvalue weighted by Crippen LogP contribution is 2.23. The second-order valence-corrected chi connectivity index (χ2v) is 7.52. The molecule has 2 N–H and O–H groups in total. The van der Waals surface area contributed by atoms with Gasteiger partial charge in [0.1, 0.15) is 6.26 Å². The molecule has 0 saturated carbocycles. The number of hydrogen-bond acceptors (Lipinski definition) is 5. The van der Waals surface area contributed by atoms with Gasteiger partial charge in [0.2, 0.25) is 5.89 Å². The summed E-state index contributed by atoms with van der Waals surface area (Å²) in [7, 11) is 3.75. The minimum atomic E-state index is 0.219. The molecule has 7 nitrogen and oxygen atoms in total. The molecule has 0 radical (unpaired) electrons. The molecule has 3 aromatic rings. The van der Waals surface area contributed by atoms with Gasteiger partial charge in [0, 0.05) is 25.8 Å². The van der Waals surface area contributed by atoms with E-state index < -0.39 is 0 Å². The molecule has 0 amide bonds. The zero-order valence-electron chi connectivity index (χ0n) is 16.4. The number of hydrogen-bond donors (Lipinski definition) is 2. The van der Waals surface area contributed by atoms with Crippen LogP contribution in [0.2, 0.25) is 0 Å². The molecule has 3 rings (SSSR count). The summed E-state index contributed by atoms with van der Waals surface area (Å²) in [6.45, 7) is 6.85. The highest BCUT2D eigenvalue weighted by Gasteiger charge is 2.14. The molecule has 3 heterocycles. The Kier molecular flexibility index (Phi) is 5.95. The van der Waals surface area contributed by atoms with Crippen LogP contribution in [0.3, 0.4) is 0 Å². The molecule has 0 saturated heterocycles. The van der Waals surface area contributed by atoms with Crippen molar-refractivity contribution in [1.82, 2.24) is 25.4 Å². The summed E-state index contributed by atoms with van der Waals surface area (Å²) in [4.78, 5) is 9.86. The molecule has 0 aliphatic heterocycles. The fourth-order valence-corrected chi connectivity index (χ4v) is 3.63. The van der Waals surface area contributed by atoms with Gasteiger partial charge >= 0.3 is 0 Å². The third-order valence-corrected chi connectivity index (χ3v) is 5.35. The molecule has 0 bridgehead atoms. The van der Waals surface area contributed by atoms with E-state index in [0.717, 1.165) is 28.6 Å². The van der Waals surface area contributed by atoms with Crippen molar-refractivity contribution in [1.29, 1.82) is 0 Å². The Balaban J connectivity index is 1.55. The average molecular weight is 387 g/mol. The summed E-state index contributed by atoms with van der Waals surface area (Å²) in [5.41, 5.74) is 4.40. The topological polar surface area (TPSA) is 80.3 Å². The Bertz CT molecular complexity index is 909. The first-order chi connectivity index (χ1) is 13.0. The van der Waals surface area contributed by atoms with Crippen LogP contribution in [0.1, 0.15) is 29.6 Å². The van der Waals surface area contributed by atoms with Gasteiger partial charge in [-0.3, -0.25) is 9.67 Å². The molecule has 27 heavy (non-hydrogen) atoms. The van der Waals surface area contributed by atoms with Crippen LogP contribution in [0, 0.1) is 13.8 Å². The van der Waals surface area contributed by atoms with Gasteiger partial charge in [-0.2, -0.15) is 5.10 Å². The van der Waals surface area contributed by atoms with Crippen molar-refractivity contribution in [2.75, 3.05) is 7.05 Å². The fourth-order valence-electron chi connectivity index (χ4n) is 2.97. The third-order valence-electron chi connectivity index (χ3n) is 4.50. The average Bonchev–Trinajstić information content (AvgIpc) is 3.37. The quantitative estimate of drug-likeness (QED) is 0.503. The first kappa shape index (κ1) is 19.2. The second kappa shape index (κ2) is 8.39. The summed E-state index contributed by atoms with van der Waals surface area (Å²) in [6, 6.07) is 4.20. The number of nitrogens with one attached hydrogen (secondary N) is 2.